The van der Waals surface area contributed by atoms with Gasteiger partial charge in [0.25, 0.3) is 0 Å². The smallest absolute Gasteiger partial charge is 0.243 e. The number of halogens is 5. The molecule has 1 nitrogen and oxygen atoms in total. The van der Waals surface area contributed by atoms with Crippen LogP contribution in [-0.4, -0.2) is 4.98 Å². The number of hydrogen-bond acceptors (Lipinski definition) is 1. The number of fused-ring (bicyclic) bond motifs is 1. The fraction of sp³-hybridized carbons (Fsp3) is 0.182. The van der Waals surface area contributed by atoms with Crippen LogP contribution in [0.3, 0.4) is 0 Å². The molecule has 0 spiro atoms. The van der Waals surface area contributed by atoms with Crippen molar-refractivity contribution in [2.45, 2.75) is 13.1 Å². The van der Waals surface area contributed by atoms with Gasteiger partial charge in [0.05, 0.1) is 10.5 Å². The summed E-state index contributed by atoms with van der Waals surface area (Å²) in [5.41, 5.74) is -0.872. The van der Waals surface area contributed by atoms with E-state index in [9.17, 15) is 13.2 Å². The Morgan fingerprint density at radius 1 is 1.18 bits per heavy atom. The van der Waals surface area contributed by atoms with Crippen molar-refractivity contribution in [2.75, 3.05) is 0 Å². The Bertz CT molecular complexity index is 593. The molecule has 0 amide bonds. The average molecular weight is 280 g/mol. The van der Waals surface area contributed by atoms with Gasteiger partial charge >= 0.3 is 6.18 Å². The van der Waals surface area contributed by atoms with Gasteiger partial charge in [-0.3, -0.25) is 0 Å². The van der Waals surface area contributed by atoms with E-state index in [2.05, 4.69) is 4.98 Å². The number of aromatic nitrogens is 1. The van der Waals surface area contributed by atoms with Crippen LogP contribution in [-0.2, 0) is 6.18 Å². The second-order valence-electron chi connectivity index (χ2n) is 3.56. The van der Waals surface area contributed by atoms with E-state index in [-0.39, 0.29) is 16.1 Å². The van der Waals surface area contributed by atoms with Gasteiger partial charge in [-0.1, -0.05) is 23.2 Å². The SMILES string of the molecule is Cc1c(C(F)(F)F)nc2ccc(Cl)cc2c1Cl. The summed E-state index contributed by atoms with van der Waals surface area (Å²) in [6.45, 7) is 1.29. The summed E-state index contributed by atoms with van der Waals surface area (Å²) >= 11 is 11.7. The van der Waals surface area contributed by atoms with Gasteiger partial charge in [-0.2, -0.15) is 13.2 Å². The van der Waals surface area contributed by atoms with E-state index in [0.29, 0.717) is 10.4 Å². The Kier molecular flexibility index (Phi) is 2.96. The largest absolute Gasteiger partial charge is 0.433 e. The van der Waals surface area contributed by atoms with E-state index >= 15 is 0 Å². The van der Waals surface area contributed by atoms with Gasteiger partial charge in [0.15, 0.2) is 0 Å². The van der Waals surface area contributed by atoms with Gasteiger partial charge in [0, 0.05) is 10.4 Å². The molecule has 0 N–H and O–H groups in total. The minimum absolute atomic E-state index is 0.0322. The van der Waals surface area contributed by atoms with E-state index in [1.807, 2.05) is 0 Å². The molecule has 0 bridgehead atoms. The van der Waals surface area contributed by atoms with Crippen molar-refractivity contribution in [3.05, 3.63) is 39.5 Å². The lowest BCUT2D eigenvalue weighted by Gasteiger charge is -2.12. The van der Waals surface area contributed by atoms with E-state index in [1.165, 1.54) is 25.1 Å². The maximum Gasteiger partial charge on any atom is 0.433 e. The molecule has 1 heterocycles. The van der Waals surface area contributed by atoms with Gasteiger partial charge in [0.1, 0.15) is 5.69 Å². The number of pyridine rings is 1. The number of alkyl halides is 3. The third-order valence-corrected chi connectivity index (χ3v) is 3.10. The Morgan fingerprint density at radius 2 is 1.82 bits per heavy atom. The highest BCUT2D eigenvalue weighted by atomic mass is 35.5. The van der Waals surface area contributed by atoms with Crippen LogP contribution in [0.15, 0.2) is 18.2 Å². The molecule has 0 saturated carbocycles. The topological polar surface area (TPSA) is 12.9 Å². The molecule has 0 unspecified atom stereocenters. The van der Waals surface area contributed by atoms with Crippen LogP contribution in [0.25, 0.3) is 10.9 Å². The van der Waals surface area contributed by atoms with Crippen LogP contribution in [0.4, 0.5) is 13.2 Å². The van der Waals surface area contributed by atoms with E-state index in [1.54, 1.807) is 0 Å². The monoisotopic (exact) mass is 279 g/mol. The number of benzene rings is 1. The van der Waals surface area contributed by atoms with Crippen LogP contribution in [0, 0.1) is 6.92 Å². The molecule has 2 rings (SSSR count). The van der Waals surface area contributed by atoms with Crippen LogP contribution in [0.5, 0.6) is 0 Å². The Labute approximate surface area is 105 Å². The average Bonchev–Trinajstić information content (AvgIpc) is 2.22. The fourth-order valence-electron chi connectivity index (χ4n) is 1.57. The molecule has 0 atom stereocenters. The zero-order chi connectivity index (χ0) is 12.8. The molecule has 0 radical (unpaired) electrons. The minimum atomic E-state index is -4.51. The molecule has 0 fully saturated rings. The first kappa shape index (κ1) is 12.5. The van der Waals surface area contributed by atoms with Crippen molar-refractivity contribution in [1.29, 1.82) is 0 Å². The molecule has 6 heteroatoms. The van der Waals surface area contributed by atoms with Crippen molar-refractivity contribution in [3.8, 4) is 0 Å². The Hall–Kier alpha value is -1.000. The normalized spacial score (nSPS) is 12.1. The number of hydrogen-bond donors (Lipinski definition) is 0. The van der Waals surface area contributed by atoms with Gasteiger partial charge in [-0.25, -0.2) is 4.98 Å². The first-order valence-electron chi connectivity index (χ1n) is 4.63. The fourth-order valence-corrected chi connectivity index (χ4v) is 1.98. The van der Waals surface area contributed by atoms with Crippen molar-refractivity contribution >= 4 is 34.1 Å². The highest BCUT2D eigenvalue weighted by Crippen LogP contribution is 2.37. The van der Waals surface area contributed by atoms with Crippen LogP contribution in [0.1, 0.15) is 11.3 Å². The van der Waals surface area contributed by atoms with E-state index in [4.69, 9.17) is 23.2 Å². The molecule has 1 aromatic heterocycles. The van der Waals surface area contributed by atoms with Crippen molar-refractivity contribution in [3.63, 3.8) is 0 Å². The highest BCUT2D eigenvalue weighted by molar-refractivity contribution is 6.37. The first-order chi connectivity index (χ1) is 7.80. The summed E-state index contributed by atoms with van der Waals surface area (Å²) < 4.78 is 38.1. The molecule has 17 heavy (non-hydrogen) atoms. The van der Waals surface area contributed by atoms with E-state index < -0.39 is 11.9 Å². The van der Waals surface area contributed by atoms with Crippen molar-refractivity contribution < 1.29 is 13.2 Å². The summed E-state index contributed by atoms with van der Waals surface area (Å²) in [7, 11) is 0. The van der Waals surface area contributed by atoms with E-state index in [0.717, 1.165) is 0 Å². The lowest BCUT2D eigenvalue weighted by molar-refractivity contribution is -0.141. The molecule has 0 aliphatic carbocycles. The van der Waals surface area contributed by atoms with Gasteiger partial charge in [0.2, 0.25) is 0 Å². The summed E-state index contributed by atoms with van der Waals surface area (Å²) in [5, 5.41) is 0.856. The minimum Gasteiger partial charge on any atom is -0.243 e. The second-order valence-corrected chi connectivity index (χ2v) is 4.37. The standard InChI is InChI=1S/C11H6Cl2F3N/c1-5-9(13)7-4-6(12)2-3-8(7)17-10(5)11(14,15)16/h2-4H,1H3. The molecule has 0 aliphatic heterocycles. The lowest BCUT2D eigenvalue weighted by Crippen LogP contribution is -2.11. The number of nitrogens with zero attached hydrogens (tertiary/aromatic N) is 1. The molecular formula is C11H6Cl2F3N. The maximum absolute atomic E-state index is 12.7. The summed E-state index contributed by atoms with van der Waals surface area (Å²) in [6, 6.07) is 4.39. The third-order valence-electron chi connectivity index (χ3n) is 2.38. The van der Waals surface area contributed by atoms with Crippen LogP contribution >= 0.6 is 23.2 Å². The zero-order valence-electron chi connectivity index (χ0n) is 8.57. The first-order valence-corrected chi connectivity index (χ1v) is 5.39. The van der Waals surface area contributed by atoms with Crippen molar-refractivity contribution in [2.24, 2.45) is 0 Å². The quantitative estimate of drug-likeness (QED) is 0.671. The lowest BCUT2D eigenvalue weighted by atomic mass is 10.1. The van der Waals surface area contributed by atoms with Crippen molar-refractivity contribution in [1.82, 2.24) is 4.98 Å². The molecule has 0 saturated heterocycles. The zero-order valence-corrected chi connectivity index (χ0v) is 10.1. The second kappa shape index (κ2) is 4.03. The molecule has 2 aromatic rings. The summed E-state index contributed by atoms with van der Waals surface area (Å²) in [4.78, 5) is 3.58. The van der Waals surface area contributed by atoms with Crippen LogP contribution < -0.4 is 0 Å². The predicted octanol–water partition coefficient (Wildman–Crippen LogP) is 4.87. The molecular weight excluding hydrogens is 274 g/mol. The molecule has 1 aromatic carbocycles. The van der Waals surface area contributed by atoms with Gasteiger partial charge in [-0.15, -0.1) is 0 Å². The molecule has 90 valence electrons. The maximum atomic E-state index is 12.7. The Balaban J connectivity index is 2.85. The van der Waals surface area contributed by atoms with Gasteiger partial charge < -0.3 is 0 Å². The highest BCUT2D eigenvalue weighted by Gasteiger charge is 2.35. The third kappa shape index (κ3) is 2.19. The number of rotatable bonds is 0. The summed E-state index contributed by atoms with van der Waals surface area (Å²) in [6.07, 6.45) is -4.51. The van der Waals surface area contributed by atoms with Crippen LogP contribution in [0.2, 0.25) is 10.0 Å². The predicted molar refractivity (Wildman–Crippen MR) is 61.5 cm³/mol. The Morgan fingerprint density at radius 3 is 2.41 bits per heavy atom. The molecule has 0 aliphatic rings. The summed E-state index contributed by atoms with van der Waals surface area (Å²) in [5.74, 6) is 0. The van der Waals surface area contributed by atoms with Gasteiger partial charge in [-0.05, 0) is 30.7 Å².